The fraction of sp³-hybridized carbons (Fsp3) is 0.478. The van der Waals surface area contributed by atoms with Crippen molar-refractivity contribution in [2.75, 3.05) is 13.1 Å². The van der Waals surface area contributed by atoms with E-state index in [0.29, 0.717) is 24.2 Å². The number of likely N-dealkylation sites (tertiary alicyclic amines) is 1. The minimum absolute atomic E-state index is 0.0399. The van der Waals surface area contributed by atoms with Crippen LogP contribution in [0.5, 0.6) is 0 Å². The molecule has 1 aliphatic heterocycles. The van der Waals surface area contributed by atoms with Crippen LogP contribution in [0.25, 0.3) is 0 Å². The SMILES string of the molecule is CC(=O)N1CCC(Cc2ccc(CN(C(=O)c3cnccn3)C3CC3)cc2)CC1. The van der Waals surface area contributed by atoms with Crippen molar-refractivity contribution in [3.63, 3.8) is 0 Å². The van der Waals surface area contributed by atoms with E-state index in [1.807, 2.05) is 9.80 Å². The van der Waals surface area contributed by atoms with E-state index in [-0.39, 0.29) is 11.8 Å². The number of carbonyl (C=O) groups is 2. The molecule has 2 aromatic rings. The molecule has 0 unspecified atom stereocenters. The number of amides is 2. The second-order valence-electron chi connectivity index (χ2n) is 8.22. The molecule has 0 atom stereocenters. The maximum atomic E-state index is 12.8. The molecule has 2 amide bonds. The summed E-state index contributed by atoms with van der Waals surface area (Å²) >= 11 is 0. The minimum atomic E-state index is -0.0399. The Bertz CT molecular complexity index is 841. The molecule has 152 valence electrons. The van der Waals surface area contributed by atoms with E-state index in [1.165, 1.54) is 11.8 Å². The Balaban J connectivity index is 1.35. The molecular weight excluding hydrogens is 364 g/mol. The highest BCUT2D eigenvalue weighted by atomic mass is 16.2. The van der Waals surface area contributed by atoms with Crippen molar-refractivity contribution in [1.82, 2.24) is 19.8 Å². The summed E-state index contributed by atoms with van der Waals surface area (Å²) in [5, 5.41) is 0. The first-order chi connectivity index (χ1) is 14.1. The molecule has 1 aliphatic carbocycles. The van der Waals surface area contributed by atoms with Gasteiger partial charge in [-0.15, -0.1) is 0 Å². The zero-order valence-corrected chi connectivity index (χ0v) is 17.0. The third-order valence-corrected chi connectivity index (χ3v) is 5.99. The molecule has 1 saturated heterocycles. The molecule has 6 nitrogen and oxygen atoms in total. The average molecular weight is 393 g/mol. The van der Waals surface area contributed by atoms with Crippen LogP contribution < -0.4 is 0 Å². The van der Waals surface area contributed by atoms with Gasteiger partial charge in [-0.3, -0.25) is 14.6 Å². The summed E-state index contributed by atoms with van der Waals surface area (Å²) in [6, 6.07) is 8.96. The average Bonchev–Trinajstić information content (AvgIpc) is 3.59. The molecule has 1 aromatic carbocycles. The molecule has 2 aliphatic rings. The van der Waals surface area contributed by atoms with Crippen LogP contribution in [0.3, 0.4) is 0 Å². The lowest BCUT2D eigenvalue weighted by atomic mass is 9.90. The highest BCUT2D eigenvalue weighted by Crippen LogP contribution is 2.30. The quantitative estimate of drug-likeness (QED) is 0.758. The van der Waals surface area contributed by atoms with Crippen molar-refractivity contribution in [1.29, 1.82) is 0 Å². The Morgan fingerprint density at radius 3 is 2.31 bits per heavy atom. The molecule has 0 bridgehead atoms. The van der Waals surface area contributed by atoms with E-state index >= 15 is 0 Å². The van der Waals surface area contributed by atoms with Gasteiger partial charge < -0.3 is 9.80 Å². The molecule has 0 radical (unpaired) electrons. The number of hydrogen-bond acceptors (Lipinski definition) is 4. The van der Waals surface area contributed by atoms with Gasteiger partial charge in [0.2, 0.25) is 5.91 Å². The Hall–Kier alpha value is -2.76. The van der Waals surface area contributed by atoms with Gasteiger partial charge in [-0.2, -0.15) is 0 Å². The summed E-state index contributed by atoms with van der Waals surface area (Å²) < 4.78 is 0. The van der Waals surface area contributed by atoms with Crippen LogP contribution in [0.1, 0.15) is 54.2 Å². The molecule has 6 heteroatoms. The van der Waals surface area contributed by atoms with Crippen molar-refractivity contribution in [3.8, 4) is 0 Å². The monoisotopic (exact) mass is 392 g/mol. The fourth-order valence-electron chi connectivity index (χ4n) is 4.07. The van der Waals surface area contributed by atoms with Gasteiger partial charge in [0, 0.05) is 45.0 Å². The summed E-state index contributed by atoms with van der Waals surface area (Å²) in [4.78, 5) is 36.4. The topological polar surface area (TPSA) is 66.4 Å². The smallest absolute Gasteiger partial charge is 0.274 e. The van der Waals surface area contributed by atoms with Gasteiger partial charge in [-0.05, 0) is 49.1 Å². The number of hydrogen-bond donors (Lipinski definition) is 0. The Morgan fingerprint density at radius 1 is 1.03 bits per heavy atom. The molecule has 1 aromatic heterocycles. The number of piperidine rings is 1. The van der Waals surface area contributed by atoms with Crippen LogP contribution >= 0.6 is 0 Å². The number of benzene rings is 1. The lowest BCUT2D eigenvalue weighted by molar-refractivity contribution is -0.130. The van der Waals surface area contributed by atoms with Crippen molar-refractivity contribution in [3.05, 3.63) is 59.7 Å². The minimum Gasteiger partial charge on any atom is -0.343 e. The normalized spacial score (nSPS) is 17.2. The van der Waals surface area contributed by atoms with E-state index in [1.54, 1.807) is 19.3 Å². The maximum Gasteiger partial charge on any atom is 0.274 e. The largest absolute Gasteiger partial charge is 0.343 e. The third-order valence-electron chi connectivity index (χ3n) is 5.99. The van der Waals surface area contributed by atoms with Gasteiger partial charge in [-0.1, -0.05) is 24.3 Å². The van der Waals surface area contributed by atoms with Gasteiger partial charge in [0.15, 0.2) is 0 Å². The molecular formula is C23H28N4O2. The van der Waals surface area contributed by atoms with Gasteiger partial charge in [0.25, 0.3) is 5.91 Å². The second kappa shape index (κ2) is 8.72. The number of nitrogens with zero attached hydrogens (tertiary/aromatic N) is 4. The van der Waals surface area contributed by atoms with Gasteiger partial charge in [0.1, 0.15) is 5.69 Å². The number of carbonyl (C=O) groups excluding carboxylic acids is 2. The second-order valence-corrected chi connectivity index (χ2v) is 8.22. The molecule has 1 saturated carbocycles. The van der Waals surface area contributed by atoms with E-state index in [0.717, 1.165) is 50.8 Å². The van der Waals surface area contributed by atoms with Crippen molar-refractivity contribution < 1.29 is 9.59 Å². The van der Waals surface area contributed by atoms with Gasteiger partial charge >= 0.3 is 0 Å². The molecule has 0 N–H and O–H groups in total. The summed E-state index contributed by atoms with van der Waals surface area (Å²) in [7, 11) is 0. The Labute approximate surface area is 172 Å². The summed E-state index contributed by atoms with van der Waals surface area (Å²) in [6.07, 6.45) is 10.0. The first-order valence-electron chi connectivity index (χ1n) is 10.5. The van der Waals surface area contributed by atoms with Crippen LogP contribution in [0.4, 0.5) is 0 Å². The van der Waals surface area contributed by atoms with Crippen LogP contribution in [0, 0.1) is 5.92 Å². The Morgan fingerprint density at radius 2 is 1.72 bits per heavy atom. The highest BCUT2D eigenvalue weighted by Gasteiger charge is 2.33. The Kier molecular flexibility index (Phi) is 5.88. The van der Waals surface area contributed by atoms with Crippen molar-refractivity contribution >= 4 is 11.8 Å². The molecule has 2 fully saturated rings. The lowest BCUT2D eigenvalue weighted by Crippen LogP contribution is -2.37. The lowest BCUT2D eigenvalue weighted by Gasteiger charge is -2.31. The number of aromatic nitrogens is 2. The summed E-state index contributed by atoms with van der Waals surface area (Å²) in [5.41, 5.74) is 2.88. The van der Waals surface area contributed by atoms with Gasteiger partial charge in [0.05, 0.1) is 6.20 Å². The van der Waals surface area contributed by atoms with E-state index in [4.69, 9.17) is 0 Å². The predicted octanol–water partition coefficient (Wildman–Crippen LogP) is 3.08. The first kappa shape index (κ1) is 19.6. The molecule has 2 heterocycles. The summed E-state index contributed by atoms with van der Waals surface area (Å²) in [6.45, 7) is 4.01. The van der Waals surface area contributed by atoms with Crippen LogP contribution in [0.15, 0.2) is 42.9 Å². The van der Waals surface area contributed by atoms with E-state index < -0.39 is 0 Å². The standard InChI is InChI=1S/C23H28N4O2/c1-17(28)26-12-8-19(9-13-26)14-18-2-4-20(5-3-18)16-27(21-6-7-21)23(29)22-15-24-10-11-25-22/h2-5,10-11,15,19,21H,6-9,12-14,16H2,1H3. The van der Waals surface area contributed by atoms with Gasteiger partial charge in [-0.25, -0.2) is 4.98 Å². The van der Waals surface area contributed by atoms with Crippen LogP contribution in [-0.2, 0) is 17.8 Å². The van der Waals surface area contributed by atoms with Crippen LogP contribution in [0.2, 0.25) is 0 Å². The zero-order valence-electron chi connectivity index (χ0n) is 17.0. The fourth-order valence-corrected chi connectivity index (χ4v) is 4.07. The first-order valence-corrected chi connectivity index (χ1v) is 10.5. The van der Waals surface area contributed by atoms with E-state index in [9.17, 15) is 9.59 Å². The third kappa shape index (κ3) is 5.00. The van der Waals surface area contributed by atoms with Crippen molar-refractivity contribution in [2.24, 2.45) is 5.92 Å². The predicted molar refractivity (Wildman–Crippen MR) is 110 cm³/mol. The molecule has 29 heavy (non-hydrogen) atoms. The molecule has 4 rings (SSSR count). The van der Waals surface area contributed by atoms with Crippen LogP contribution in [-0.4, -0.2) is 50.7 Å². The van der Waals surface area contributed by atoms with Crippen molar-refractivity contribution in [2.45, 2.75) is 51.6 Å². The number of rotatable bonds is 6. The highest BCUT2D eigenvalue weighted by molar-refractivity contribution is 5.92. The maximum absolute atomic E-state index is 12.8. The summed E-state index contributed by atoms with van der Waals surface area (Å²) in [5.74, 6) is 0.781. The molecule has 0 spiro atoms. The van der Waals surface area contributed by atoms with E-state index in [2.05, 4.69) is 34.2 Å². The zero-order chi connectivity index (χ0) is 20.2.